The molecule has 0 aromatic heterocycles. The summed E-state index contributed by atoms with van der Waals surface area (Å²) in [6.07, 6.45) is -0.235. The van der Waals surface area contributed by atoms with E-state index in [1.54, 1.807) is 18.2 Å². The second-order valence-corrected chi connectivity index (χ2v) is 7.10. The Bertz CT molecular complexity index is 876. The van der Waals surface area contributed by atoms with E-state index in [1.807, 2.05) is 6.92 Å². The maximum Gasteiger partial charge on any atom is 0.343 e. The van der Waals surface area contributed by atoms with Crippen molar-refractivity contribution in [1.82, 2.24) is 0 Å². The van der Waals surface area contributed by atoms with E-state index in [1.165, 1.54) is 0 Å². The molecule has 2 heterocycles. The Kier molecular flexibility index (Phi) is 3.02. The molecule has 24 heavy (non-hydrogen) atoms. The van der Waals surface area contributed by atoms with Crippen molar-refractivity contribution in [3.8, 4) is 12.1 Å². The van der Waals surface area contributed by atoms with Crippen LogP contribution in [0.3, 0.4) is 0 Å². The van der Waals surface area contributed by atoms with Gasteiger partial charge in [0.2, 0.25) is 0 Å². The predicted molar refractivity (Wildman–Crippen MR) is 84.7 cm³/mol. The Balaban J connectivity index is 1.96. The third-order valence-electron chi connectivity index (χ3n) is 5.18. The van der Waals surface area contributed by atoms with E-state index in [9.17, 15) is 10.5 Å². The van der Waals surface area contributed by atoms with E-state index in [0.717, 1.165) is 0 Å². The van der Waals surface area contributed by atoms with Crippen LogP contribution in [-0.4, -0.2) is 24.5 Å². The number of hydrogen-bond donors (Lipinski definition) is 2. The monoisotopic (exact) mass is 363 g/mol. The zero-order valence-electron chi connectivity index (χ0n) is 12.6. The van der Waals surface area contributed by atoms with Gasteiger partial charge in [0.1, 0.15) is 0 Å². The molecule has 1 aromatic rings. The number of ether oxygens (including phenoxy) is 2. The first-order valence-corrected chi connectivity index (χ1v) is 8.15. The molecule has 1 saturated heterocycles. The molecule has 3 N–H and O–H groups in total. The standard InChI is InChI=1S/C16H12Cl2N4O2/c1-8-5-23-16(24-8)15(7-20)12(14(15,6-19)13(21)22-16)9-3-2-4-10(17)11(9)18/h2-4,8,12H,5H2,1H3,(H2,21,22)/p+1/t8-,12+,14+,15+,16-/m0/s1. The molecule has 8 heteroatoms. The Morgan fingerprint density at radius 1 is 1.33 bits per heavy atom. The first-order valence-electron chi connectivity index (χ1n) is 7.39. The highest BCUT2D eigenvalue weighted by molar-refractivity contribution is 6.42. The normalized spacial score (nSPS) is 42.3. The summed E-state index contributed by atoms with van der Waals surface area (Å²) in [7, 11) is 0. The number of nitrogens with one attached hydrogen (secondary N) is 1. The van der Waals surface area contributed by atoms with E-state index in [2.05, 4.69) is 17.1 Å². The number of amidine groups is 1. The minimum Gasteiger partial charge on any atom is -0.311 e. The summed E-state index contributed by atoms with van der Waals surface area (Å²) in [5.41, 5.74) is 4.10. The van der Waals surface area contributed by atoms with E-state index in [-0.39, 0.29) is 11.9 Å². The molecule has 1 saturated carbocycles. The predicted octanol–water partition coefficient (Wildman–Crippen LogP) is 0.651. The number of benzene rings is 1. The summed E-state index contributed by atoms with van der Waals surface area (Å²) >= 11 is 12.5. The van der Waals surface area contributed by atoms with Crippen LogP contribution < -0.4 is 10.7 Å². The van der Waals surface area contributed by atoms with E-state index < -0.39 is 22.7 Å². The average molecular weight is 364 g/mol. The Morgan fingerprint density at radius 3 is 2.67 bits per heavy atom. The van der Waals surface area contributed by atoms with Crippen LogP contribution in [0.5, 0.6) is 0 Å². The van der Waals surface area contributed by atoms with E-state index in [4.69, 9.17) is 38.4 Å². The molecule has 3 aliphatic rings. The summed E-state index contributed by atoms with van der Waals surface area (Å²) in [4.78, 5) is 2.91. The number of nitrogens with zero attached hydrogens (tertiary/aromatic N) is 2. The average Bonchev–Trinajstić information content (AvgIpc) is 2.93. The van der Waals surface area contributed by atoms with Gasteiger partial charge in [0, 0.05) is 5.92 Å². The van der Waals surface area contributed by atoms with Crippen molar-refractivity contribution in [2.45, 2.75) is 24.9 Å². The van der Waals surface area contributed by atoms with Crippen LogP contribution in [0.4, 0.5) is 0 Å². The lowest BCUT2D eigenvalue weighted by Gasteiger charge is -2.24. The number of halogens is 2. The first kappa shape index (κ1) is 15.7. The molecule has 5 atom stereocenters. The minimum atomic E-state index is -1.46. The quantitative estimate of drug-likeness (QED) is 0.761. The zero-order chi connectivity index (χ0) is 17.3. The molecule has 6 nitrogen and oxygen atoms in total. The smallest absolute Gasteiger partial charge is 0.311 e. The third kappa shape index (κ3) is 1.42. The van der Waals surface area contributed by atoms with Crippen molar-refractivity contribution in [2.75, 3.05) is 6.61 Å². The Morgan fingerprint density at radius 2 is 2.08 bits per heavy atom. The van der Waals surface area contributed by atoms with Crippen LogP contribution >= 0.6 is 23.2 Å². The lowest BCUT2D eigenvalue weighted by atomic mass is 9.94. The molecule has 2 fully saturated rings. The molecule has 1 spiro atoms. The highest BCUT2D eigenvalue weighted by Crippen LogP contribution is 2.79. The number of hydrogen-bond acceptors (Lipinski definition) is 5. The van der Waals surface area contributed by atoms with Gasteiger partial charge in [-0.3, -0.25) is 5.73 Å². The van der Waals surface area contributed by atoms with Gasteiger partial charge in [-0.05, 0) is 18.6 Å². The van der Waals surface area contributed by atoms with Gasteiger partial charge in [-0.15, -0.1) is 0 Å². The minimum absolute atomic E-state index is 0.154. The molecule has 0 bridgehead atoms. The van der Waals surface area contributed by atoms with Crippen LogP contribution in [0, 0.1) is 33.5 Å². The van der Waals surface area contributed by atoms with Crippen molar-refractivity contribution in [1.29, 1.82) is 10.5 Å². The van der Waals surface area contributed by atoms with Gasteiger partial charge in [-0.25, -0.2) is 4.99 Å². The van der Waals surface area contributed by atoms with Gasteiger partial charge < -0.3 is 9.47 Å². The summed E-state index contributed by atoms with van der Waals surface area (Å²) in [6.45, 7) is 2.12. The number of nitrogens with two attached hydrogens (primary N) is 1. The maximum atomic E-state index is 10.0. The van der Waals surface area contributed by atoms with Crippen LogP contribution in [0.1, 0.15) is 18.4 Å². The zero-order valence-corrected chi connectivity index (χ0v) is 14.1. The Labute approximate surface area is 148 Å². The fraction of sp³-hybridized carbons (Fsp3) is 0.438. The molecule has 0 unspecified atom stereocenters. The van der Waals surface area contributed by atoms with Gasteiger partial charge in [0.05, 0.1) is 34.9 Å². The van der Waals surface area contributed by atoms with Crippen molar-refractivity contribution in [3.63, 3.8) is 0 Å². The van der Waals surface area contributed by atoms with E-state index >= 15 is 0 Å². The third-order valence-corrected chi connectivity index (χ3v) is 6.02. The van der Waals surface area contributed by atoms with Crippen molar-refractivity contribution < 1.29 is 14.5 Å². The fourth-order valence-corrected chi connectivity index (χ4v) is 4.59. The highest BCUT2D eigenvalue weighted by atomic mass is 35.5. The molecule has 0 radical (unpaired) electrons. The molecule has 1 aromatic carbocycles. The molecule has 1 aliphatic carbocycles. The van der Waals surface area contributed by atoms with Gasteiger partial charge in [0.15, 0.2) is 10.8 Å². The molecule has 0 amide bonds. The Hall–Kier alpha value is -1.83. The van der Waals surface area contributed by atoms with Crippen molar-refractivity contribution in [3.05, 3.63) is 33.8 Å². The van der Waals surface area contributed by atoms with Crippen molar-refractivity contribution in [2.24, 2.45) is 16.6 Å². The summed E-state index contributed by atoms with van der Waals surface area (Å²) < 4.78 is 11.7. The van der Waals surface area contributed by atoms with Crippen LogP contribution in [-0.2, 0) is 9.47 Å². The number of rotatable bonds is 1. The van der Waals surface area contributed by atoms with E-state index in [0.29, 0.717) is 22.2 Å². The molecule has 2 aliphatic heterocycles. The van der Waals surface area contributed by atoms with Gasteiger partial charge in [-0.1, -0.05) is 35.3 Å². The first-order chi connectivity index (χ1) is 11.4. The van der Waals surface area contributed by atoms with Gasteiger partial charge in [0.25, 0.3) is 5.84 Å². The summed E-state index contributed by atoms with van der Waals surface area (Å²) in [6, 6.07) is 9.57. The van der Waals surface area contributed by atoms with Gasteiger partial charge >= 0.3 is 5.91 Å². The molecular formula is C16H13Cl2N4O2+. The molecule has 122 valence electrons. The second kappa shape index (κ2) is 4.62. The molecule has 4 rings (SSSR count). The SMILES string of the molecule is C[C@H]1CO[C@]2([NH+]=C(N)[C@@]3(C#N)[C@@H](c4cccc(Cl)c4Cl)[C@@]23C#N)O1. The van der Waals surface area contributed by atoms with Crippen LogP contribution in [0.15, 0.2) is 18.2 Å². The number of nitriles is 2. The second-order valence-electron chi connectivity index (χ2n) is 6.31. The fourth-order valence-electron chi connectivity index (χ4n) is 4.17. The number of fused-ring (bicyclic) bond motifs is 2. The summed E-state index contributed by atoms with van der Waals surface area (Å²) in [5.74, 6) is -1.91. The van der Waals surface area contributed by atoms with Crippen molar-refractivity contribution >= 4 is 29.0 Å². The largest absolute Gasteiger partial charge is 0.343 e. The lowest BCUT2D eigenvalue weighted by Crippen LogP contribution is -2.90. The summed E-state index contributed by atoms with van der Waals surface area (Å²) in [5, 5.41) is 20.6. The topological polar surface area (TPSA) is 106 Å². The maximum absolute atomic E-state index is 10.0. The van der Waals surface area contributed by atoms with Crippen LogP contribution in [0.2, 0.25) is 10.0 Å². The van der Waals surface area contributed by atoms with Crippen LogP contribution in [0.25, 0.3) is 0 Å². The molecular weight excluding hydrogens is 351 g/mol. The van der Waals surface area contributed by atoms with Gasteiger partial charge in [-0.2, -0.15) is 10.5 Å². The highest BCUT2D eigenvalue weighted by Gasteiger charge is 2.98. The lowest BCUT2D eigenvalue weighted by molar-refractivity contribution is -0.677.